The number of halogens is 1. The lowest BCUT2D eigenvalue weighted by Crippen LogP contribution is -2.08. The second-order valence-corrected chi connectivity index (χ2v) is 6.83. The summed E-state index contributed by atoms with van der Waals surface area (Å²) in [4.78, 5) is 11.1. The van der Waals surface area contributed by atoms with Crippen molar-refractivity contribution in [2.75, 3.05) is 29.6 Å². The Morgan fingerprint density at radius 1 is 0.840 bits per heavy atom. The summed E-state index contributed by atoms with van der Waals surface area (Å²) in [5, 5.41) is 6.56. The molecule has 1 heterocycles. The highest BCUT2D eigenvalue weighted by Crippen LogP contribution is 2.22. The average molecular weight is 398 g/mol. The molecule has 0 saturated carbocycles. The van der Waals surface area contributed by atoms with Crippen molar-refractivity contribution in [1.82, 2.24) is 9.97 Å². The standard InChI is InChI=1S/C19H20BrN5/c1-13-12-18(22-15-8-10-17(11-9-15)25(2)3)24-19(21-13)23-16-6-4-14(20)5-7-16/h4-12H,1-3H3,(H2,21,22,23,24). The van der Waals surface area contributed by atoms with Crippen LogP contribution in [0.1, 0.15) is 5.69 Å². The van der Waals surface area contributed by atoms with E-state index in [0.29, 0.717) is 5.95 Å². The van der Waals surface area contributed by atoms with Crippen molar-refractivity contribution in [1.29, 1.82) is 0 Å². The Morgan fingerprint density at radius 3 is 2.08 bits per heavy atom. The van der Waals surface area contributed by atoms with Crippen molar-refractivity contribution in [3.05, 3.63) is 64.8 Å². The summed E-state index contributed by atoms with van der Waals surface area (Å²) in [5.41, 5.74) is 3.97. The highest BCUT2D eigenvalue weighted by atomic mass is 79.9. The number of anilines is 5. The zero-order chi connectivity index (χ0) is 17.8. The van der Waals surface area contributed by atoms with Crippen LogP contribution in [0.3, 0.4) is 0 Å². The smallest absolute Gasteiger partial charge is 0.229 e. The molecule has 0 atom stereocenters. The van der Waals surface area contributed by atoms with E-state index in [9.17, 15) is 0 Å². The molecule has 128 valence electrons. The predicted octanol–water partition coefficient (Wildman–Crippen LogP) is 5.10. The van der Waals surface area contributed by atoms with E-state index in [0.717, 1.165) is 33.0 Å². The molecule has 0 aliphatic rings. The quantitative estimate of drug-likeness (QED) is 0.626. The van der Waals surface area contributed by atoms with Gasteiger partial charge in [0.2, 0.25) is 5.95 Å². The summed E-state index contributed by atoms with van der Waals surface area (Å²) in [6.07, 6.45) is 0. The summed E-state index contributed by atoms with van der Waals surface area (Å²) in [5.74, 6) is 1.32. The first-order chi connectivity index (χ1) is 12.0. The van der Waals surface area contributed by atoms with Crippen LogP contribution in [0.15, 0.2) is 59.1 Å². The molecule has 0 amide bonds. The molecule has 25 heavy (non-hydrogen) atoms. The fourth-order valence-corrected chi connectivity index (χ4v) is 2.61. The number of nitrogens with zero attached hydrogens (tertiary/aromatic N) is 3. The minimum atomic E-state index is 0.565. The molecule has 0 saturated heterocycles. The molecule has 3 rings (SSSR count). The maximum absolute atomic E-state index is 4.55. The molecule has 1 aromatic heterocycles. The Balaban J connectivity index is 1.77. The first-order valence-electron chi connectivity index (χ1n) is 7.92. The van der Waals surface area contributed by atoms with E-state index in [1.54, 1.807) is 0 Å². The lowest BCUT2D eigenvalue weighted by molar-refractivity contribution is 1.11. The molecule has 2 aromatic carbocycles. The molecule has 6 heteroatoms. The zero-order valence-electron chi connectivity index (χ0n) is 14.4. The third-order valence-electron chi connectivity index (χ3n) is 3.61. The third kappa shape index (κ3) is 4.70. The minimum absolute atomic E-state index is 0.565. The average Bonchev–Trinajstić information content (AvgIpc) is 2.57. The number of nitrogens with one attached hydrogen (secondary N) is 2. The van der Waals surface area contributed by atoms with Crippen LogP contribution in [-0.4, -0.2) is 24.1 Å². The monoisotopic (exact) mass is 397 g/mol. The number of hydrogen-bond donors (Lipinski definition) is 2. The van der Waals surface area contributed by atoms with Gasteiger partial charge in [0.1, 0.15) is 5.82 Å². The summed E-state index contributed by atoms with van der Waals surface area (Å²) in [7, 11) is 4.05. The van der Waals surface area contributed by atoms with Crippen molar-refractivity contribution < 1.29 is 0 Å². The lowest BCUT2D eigenvalue weighted by Gasteiger charge is -2.14. The van der Waals surface area contributed by atoms with Gasteiger partial charge in [0.15, 0.2) is 0 Å². The van der Waals surface area contributed by atoms with E-state index >= 15 is 0 Å². The van der Waals surface area contributed by atoms with Gasteiger partial charge in [-0.15, -0.1) is 0 Å². The van der Waals surface area contributed by atoms with Crippen LogP contribution >= 0.6 is 15.9 Å². The van der Waals surface area contributed by atoms with E-state index in [1.165, 1.54) is 0 Å². The Bertz CT molecular complexity index is 845. The summed E-state index contributed by atoms with van der Waals surface area (Å²) >= 11 is 3.43. The van der Waals surface area contributed by atoms with Crippen molar-refractivity contribution >= 4 is 44.8 Å². The molecule has 0 unspecified atom stereocenters. The van der Waals surface area contributed by atoms with Gasteiger partial charge < -0.3 is 15.5 Å². The molecule has 0 bridgehead atoms. The molecule has 0 spiro atoms. The van der Waals surface area contributed by atoms with Crippen molar-refractivity contribution in [2.45, 2.75) is 6.92 Å². The predicted molar refractivity (Wildman–Crippen MR) is 108 cm³/mol. The van der Waals surface area contributed by atoms with Crippen LogP contribution in [-0.2, 0) is 0 Å². The third-order valence-corrected chi connectivity index (χ3v) is 4.14. The number of benzene rings is 2. The van der Waals surface area contributed by atoms with Crippen LogP contribution < -0.4 is 15.5 Å². The van der Waals surface area contributed by atoms with E-state index in [1.807, 2.05) is 63.5 Å². The largest absolute Gasteiger partial charge is 0.378 e. The fourth-order valence-electron chi connectivity index (χ4n) is 2.34. The maximum Gasteiger partial charge on any atom is 0.229 e. The molecule has 0 aliphatic heterocycles. The van der Waals surface area contributed by atoms with Crippen LogP contribution in [0, 0.1) is 6.92 Å². The topological polar surface area (TPSA) is 53.1 Å². The highest BCUT2D eigenvalue weighted by molar-refractivity contribution is 9.10. The molecular weight excluding hydrogens is 378 g/mol. The number of hydrogen-bond acceptors (Lipinski definition) is 5. The number of aryl methyl sites for hydroxylation is 1. The van der Waals surface area contributed by atoms with Crippen LogP contribution in [0.2, 0.25) is 0 Å². The Kier molecular flexibility index (Phi) is 5.19. The molecular formula is C19H20BrN5. The van der Waals surface area contributed by atoms with Crippen LogP contribution in [0.4, 0.5) is 28.8 Å². The van der Waals surface area contributed by atoms with Gasteiger partial charge in [-0.25, -0.2) is 4.98 Å². The highest BCUT2D eigenvalue weighted by Gasteiger charge is 2.04. The molecule has 0 fully saturated rings. The molecule has 2 N–H and O–H groups in total. The van der Waals surface area contributed by atoms with E-state index in [2.05, 4.69) is 53.6 Å². The Labute approximate surface area is 156 Å². The SMILES string of the molecule is Cc1cc(Nc2ccc(N(C)C)cc2)nc(Nc2ccc(Br)cc2)n1. The first kappa shape index (κ1) is 17.2. The molecule has 3 aromatic rings. The van der Waals surface area contributed by atoms with Gasteiger partial charge >= 0.3 is 0 Å². The lowest BCUT2D eigenvalue weighted by atomic mass is 10.2. The normalized spacial score (nSPS) is 10.4. The van der Waals surface area contributed by atoms with Crippen molar-refractivity contribution in [3.8, 4) is 0 Å². The van der Waals surface area contributed by atoms with Crippen molar-refractivity contribution in [3.63, 3.8) is 0 Å². The fraction of sp³-hybridized carbons (Fsp3) is 0.158. The van der Waals surface area contributed by atoms with Crippen LogP contribution in [0.25, 0.3) is 0 Å². The number of aromatic nitrogens is 2. The van der Waals surface area contributed by atoms with E-state index in [-0.39, 0.29) is 0 Å². The molecule has 0 radical (unpaired) electrons. The van der Waals surface area contributed by atoms with Gasteiger partial charge in [0, 0.05) is 47.4 Å². The Hall–Kier alpha value is -2.60. The zero-order valence-corrected chi connectivity index (χ0v) is 16.0. The van der Waals surface area contributed by atoms with Crippen molar-refractivity contribution in [2.24, 2.45) is 0 Å². The number of rotatable bonds is 5. The Morgan fingerprint density at radius 2 is 1.44 bits per heavy atom. The second kappa shape index (κ2) is 7.53. The molecule has 0 aliphatic carbocycles. The summed E-state index contributed by atoms with van der Waals surface area (Å²) in [6.45, 7) is 1.95. The first-order valence-corrected chi connectivity index (χ1v) is 8.71. The van der Waals surface area contributed by atoms with Gasteiger partial charge in [-0.1, -0.05) is 15.9 Å². The van der Waals surface area contributed by atoms with E-state index in [4.69, 9.17) is 0 Å². The maximum atomic E-state index is 4.55. The van der Waals surface area contributed by atoms with Gasteiger partial charge in [-0.3, -0.25) is 0 Å². The molecule has 5 nitrogen and oxygen atoms in total. The van der Waals surface area contributed by atoms with E-state index < -0.39 is 0 Å². The second-order valence-electron chi connectivity index (χ2n) is 5.92. The van der Waals surface area contributed by atoms with Gasteiger partial charge in [-0.05, 0) is 55.5 Å². The summed E-state index contributed by atoms with van der Waals surface area (Å²) in [6, 6.07) is 18.0. The minimum Gasteiger partial charge on any atom is -0.378 e. The van der Waals surface area contributed by atoms with Gasteiger partial charge in [0.25, 0.3) is 0 Å². The van der Waals surface area contributed by atoms with Crippen LogP contribution in [0.5, 0.6) is 0 Å². The van der Waals surface area contributed by atoms with Gasteiger partial charge in [-0.2, -0.15) is 4.98 Å². The summed E-state index contributed by atoms with van der Waals surface area (Å²) < 4.78 is 1.03. The van der Waals surface area contributed by atoms with Gasteiger partial charge in [0.05, 0.1) is 0 Å².